The molecular formula is C14H16FNO2. The number of hydrogen-bond acceptors (Lipinski definition) is 2. The molecule has 1 amide bonds. The van der Waals surface area contributed by atoms with Crippen LogP contribution in [0.3, 0.4) is 0 Å². The third-order valence-electron chi connectivity index (χ3n) is 3.01. The molecule has 1 aromatic rings. The standard InChI is InChI=1S/C14H16FNO2/c1-10(17)8-14(18)16(12-6-7-12)9-11-4-2-3-5-13(11)15/h2-5,12H,6-9H2,1H3. The molecule has 0 radical (unpaired) electrons. The van der Waals surface area contributed by atoms with E-state index in [1.165, 1.54) is 13.0 Å². The first-order valence-corrected chi connectivity index (χ1v) is 6.10. The molecule has 1 aliphatic rings. The van der Waals surface area contributed by atoms with Crippen LogP contribution < -0.4 is 0 Å². The summed E-state index contributed by atoms with van der Waals surface area (Å²) < 4.78 is 13.6. The second kappa shape index (κ2) is 5.29. The van der Waals surface area contributed by atoms with Gasteiger partial charge in [0.25, 0.3) is 0 Å². The van der Waals surface area contributed by atoms with Gasteiger partial charge in [0.05, 0.1) is 6.42 Å². The van der Waals surface area contributed by atoms with Crippen molar-refractivity contribution < 1.29 is 14.0 Å². The summed E-state index contributed by atoms with van der Waals surface area (Å²) in [5.74, 6) is -0.661. The molecule has 0 atom stereocenters. The van der Waals surface area contributed by atoms with Gasteiger partial charge >= 0.3 is 0 Å². The normalized spacial score (nSPS) is 14.3. The summed E-state index contributed by atoms with van der Waals surface area (Å²) in [6.45, 7) is 1.65. The Balaban J connectivity index is 2.09. The second-order valence-electron chi connectivity index (χ2n) is 4.72. The Labute approximate surface area is 106 Å². The van der Waals surface area contributed by atoms with E-state index in [-0.39, 0.29) is 36.5 Å². The minimum Gasteiger partial charge on any atom is -0.335 e. The summed E-state index contributed by atoms with van der Waals surface area (Å²) in [4.78, 5) is 24.6. The van der Waals surface area contributed by atoms with Gasteiger partial charge in [-0.05, 0) is 25.8 Å². The van der Waals surface area contributed by atoms with Gasteiger partial charge in [-0.1, -0.05) is 18.2 Å². The number of carbonyl (C=O) groups excluding carboxylic acids is 2. The van der Waals surface area contributed by atoms with Gasteiger partial charge in [0.2, 0.25) is 5.91 Å². The minimum atomic E-state index is -0.307. The lowest BCUT2D eigenvalue weighted by molar-refractivity contribution is -0.135. The van der Waals surface area contributed by atoms with Gasteiger partial charge in [0.15, 0.2) is 0 Å². The van der Waals surface area contributed by atoms with Crippen molar-refractivity contribution in [3.8, 4) is 0 Å². The zero-order valence-electron chi connectivity index (χ0n) is 10.4. The van der Waals surface area contributed by atoms with Crippen molar-refractivity contribution in [3.63, 3.8) is 0 Å². The first kappa shape index (κ1) is 12.7. The second-order valence-corrected chi connectivity index (χ2v) is 4.72. The van der Waals surface area contributed by atoms with Crippen LogP contribution >= 0.6 is 0 Å². The van der Waals surface area contributed by atoms with Crippen LogP contribution in [0.4, 0.5) is 4.39 Å². The zero-order valence-corrected chi connectivity index (χ0v) is 10.4. The molecule has 4 heteroatoms. The fourth-order valence-electron chi connectivity index (χ4n) is 1.93. The molecule has 96 valence electrons. The summed E-state index contributed by atoms with van der Waals surface area (Å²) in [7, 11) is 0. The summed E-state index contributed by atoms with van der Waals surface area (Å²) in [6.07, 6.45) is 1.79. The van der Waals surface area contributed by atoms with E-state index in [4.69, 9.17) is 0 Å². The molecule has 0 N–H and O–H groups in total. The van der Waals surface area contributed by atoms with Crippen molar-refractivity contribution in [2.75, 3.05) is 0 Å². The molecular weight excluding hydrogens is 233 g/mol. The number of rotatable bonds is 5. The first-order valence-electron chi connectivity index (χ1n) is 6.10. The molecule has 1 fully saturated rings. The van der Waals surface area contributed by atoms with Crippen LogP contribution in [-0.4, -0.2) is 22.6 Å². The summed E-state index contributed by atoms with van der Waals surface area (Å²) in [6, 6.07) is 6.61. The number of hydrogen-bond donors (Lipinski definition) is 0. The van der Waals surface area contributed by atoms with Gasteiger partial charge in [0, 0.05) is 18.2 Å². The molecule has 1 saturated carbocycles. The van der Waals surface area contributed by atoms with Crippen molar-refractivity contribution in [1.29, 1.82) is 0 Å². The SMILES string of the molecule is CC(=O)CC(=O)N(Cc1ccccc1F)C1CC1. The van der Waals surface area contributed by atoms with E-state index in [9.17, 15) is 14.0 Å². The predicted octanol–water partition coefficient (Wildman–Crippen LogP) is 2.30. The van der Waals surface area contributed by atoms with E-state index in [1.807, 2.05) is 0 Å². The monoisotopic (exact) mass is 249 g/mol. The molecule has 0 unspecified atom stereocenters. The minimum absolute atomic E-state index is 0.0923. The third kappa shape index (κ3) is 3.15. The van der Waals surface area contributed by atoms with E-state index in [0.717, 1.165) is 12.8 Å². The summed E-state index contributed by atoms with van der Waals surface area (Å²) in [5.41, 5.74) is 0.501. The van der Waals surface area contributed by atoms with Gasteiger partial charge in [-0.3, -0.25) is 9.59 Å². The Morgan fingerprint density at radius 2 is 2.00 bits per heavy atom. The Kier molecular flexibility index (Phi) is 3.75. The Morgan fingerprint density at radius 1 is 1.33 bits per heavy atom. The van der Waals surface area contributed by atoms with Crippen molar-refractivity contribution in [1.82, 2.24) is 4.90 Å². The van der Waals surface area contributed by atoms with E-state index < -0.39 is 0 Å². The lowest BCUT2D eigenvalue weighted by Crippen LogP contribution is -2.33. The molecule has 2 rings (SSSR count). The van der Waals surface area contributed by atoms with E-state index >= 15 is 0 Å². The van der Waals surface area contributed by atoms with Crippen molar-refractivity contribution >= 4 is 11.7 Å². The molecule has 0 heterocycles. The maximum Gasteiger partial charge on any atom is 0.230 e. The third-order valence-corrected chi connectivity index (χ3v) is 3.01. The topological polar surface area (TPSA) is 37.4 Å². The number of ketones is 1. The fraction of sp³-hybridized carbons (Fsp3) is 0.429. The van der Waals surface area contributed by atoms with Crippen molar-refractivity contribution in [2.45, 2.75) is 38.8 Å². The molecule has 0 aromatic heterocycles. The number of Topliss-reactive ketones (excluding diaryl/α,β-unsaturated/α-hetero) is 1. The number of benzene rings is 1. The Bertz CT molecular complexity index is 469. The number of nitrogens with zero attached hydrogens (tertiary/aromatic N) is 1. The molecule has 0 aliphatic heterocycles. The van der Waals surface area contributed by atoms with Crippen LogP contribution in [0.5, 0.6) is 0 Å². The quantitative estimate of drug-likeness (QED) is 0.751. The van der Waals surface area contributed by atoms with Gasteiger partial charge in [-0.25, -0.2) is 4.39 Å². The maximum absolute atomic E-state index is 13.6. The van der Waals surface area contributed by atoms with Gasteiger partial charge in [-0.15, -0.1) is 0 Å². The van der Waals surface area contributed by atoms with Crippen molar-refractivity contribution in [2.24, 2.45) is 0 Å². The van der Waals surface area contributed by atoms with Gasteiger partial charge < -0.3 is 4.90 Å². The molecule has 1 aromatic carbocycles. The highest BCUT2D eigenvalue weighted by Gasteiger charge is 2.33. The van der Waals surface area contributed by atoms with Crippen molar-refractivity contribution in [3.05, 3.63) is 35.6 Å². The molecule has 3 nitrogen and oxygen atoms in total. The van der Waals surface area contributed by atoms with Crippen LogP contribution in [0.2, 0.25) is 0 Å². The largest absolute Gasteiger partial charge is 0.335 e. The smallest absolute Gasteiger partial charge is 0.230 e. The maximum atomic E-state index is 13.6. The summed E-state index contributed by atoms with van der Waals surface area (Å²) >= 11 is 0. The average Bonchev–Trinajstić information content (AvgIpc) is 3.11. The molecule has 18 heavy (non-hydrogen) atoms. The first-order chi connectivity index (χ1) is 8.58. The highest BCUT2D eigenvalue weighted by Crippen LogP contribution is 2.29. The molecule has 0 saturated heterocycles. The Morgan fingerprint density at radius 3 is 2.56 bits per heavy atom. The van der Waals surface area contributed by atoms with Crippen LogP contribution in [-0.2, 0) is 16.1 Å². The fourth-order valence-corrected chi connectivity index (χ4v) is 1.93. The lowest BCUT2D eigenvalue weighted by Gasteiger charge is -2.22. The lowest BCUT2D eigenvalue weighted by atomic mass is 10.2. The Hall–Kier alpha value is -1.71. The predicted molar refractivity (Wildman–Crippen MR) is 65.3 cm³/mol. The van der Waals surface area contributed by atoms with Crippen LogP contribution in [0, 0.1) is 5.82 Å². The molecule has 0 bridgehead atoms. The molecule has 0 spiro atoms. The van der Waals surface area contributed by atoms with Crippen LogP contribution in [0.25, 0.3) is 0 Å². The van der Waals surface area contributed by atoms with Gasteiger partial charge in [0.1, 0.15) is 11.6 Å². The van der Waals surface area contributed by atoms with Crippen LogP contribution in [0.1, 0.15) is 31.7 Å². The highest BCUT2D eigenvalue weighted by atomic mass is 19.1. The number of carbonyl (C=O) groups is 2. The molecule has 1 aliphatic carbocycles. The number of halogens is 1. The van der Waals surface area contributed by atoms with E-state index in [1.54, 1.807) is 23.1 Å². The van der Waals surface area contributed by atoms with Gasteiger partial charge in [-0.2, -0.15) is 0 Å². The van der Waals surface area contributed by atoms with E-state index in [0.29, 0.717) is 5.56 Å². The number of amides is 1. The average molecular weight is 249 g/mol. The highest BCUT2D eigenvalue weighted by molar-refractivity contribution is 5.97. The van der Waals surface area contributed by atoms with Crippen LogP contribution in [0.15, 0.2) is 24.3 Å². The summed E-state index contributed by atoms with van der Waals surface area (Å²) in [5, 5.41) is 0. The van der Waals surface area contributed by atoms with E-state index in [2.05, 4.69) is 0 Å². The zero-order chi connectivity index (χ0) is 13.1.